The Hall–Kier alpha value is -2.21. The Morgan fingerprint density at radius 1 is 1.18 bits per heavy atom. The van der Waals surface area contributed by atoms with Gasteiger partial charge in [-0.3, -0.25) is 0 Å². The number of aryl methyl sites for hydroxylation is 1. The lowest BCUT2D eigenvalue weighted by molar-refractivity contribution is 0.404. The second-order valence-electron chi connectivity index (χ2n) is 3.77. The van der Waals surface area contributed by atoms with Gasteiger partial charge in [-0.25, -0.2) is 0 Å². The fourth-order valence-corrected chi connectivity index (χ4v) is 2.03. The predicted molar refractivity (Wildman–Crippen MR) is 66.5 cm³/mol. The average molecular weight is 227 g/mol. The first kappa shape index (κ1) is 11.3. The zero-order chi connectivity index (χ0) is 12.4. The Morgan fingerprint density at radius 2 is 1.94 bits per heavy atom. The Kier molecular flexibility index (Phi) is 2.88. The van der Waals surface area contributed by atoms with Crippen molar-refractivity contribution in [3.05, 3.63) is 35.4 Å². The summed E-state index contributed by atoms with van der Waals surface area (Å²) >= 11 is 0. The average Bonchev–Trinajstić information content (AvgIpc) is 2.36. The molecule has 0 atom stereocenters. The number of fused-ring (bicyclic) bond motifs is 1. The Bertz CT molecular complexity index is 612. The standard InChI is InChI=1S/C14H13NO2/c1-9-7-10-5-4-6-12(16-2)13(10)14(17-3)11(9)8-15/h4-7H,1-3H3. The van der Waals surface area contributed by atoms with Gasteiger partial charge in [0, 0.05) is 0 Å². The second-order valence-corrected chi connectivity index (χ2v) is 3.77. The molecule has 0 aliphatic heterocycles. The first-order chi connectivity index (χ1) is 8.22. The highest BCUT2D eigenvalue weighted by atomic mass is 16.5. The van der Waals surface area contributed by atoms with Gasteiger partial charge < -0.3 is 9.47 Å². The summed E-state index contributed by atoms with van der Waals surface area (Å²) in [6.07, 6.45) is 0. The van der Waals surface area contributed by atoms with Crippen LogP contribution >= 0.6 is 0 Å². The van der Waals surface area contributed by atoms with Crippen LogP contribution < -0.4 is 9.47 Å². The van der Waals surface area contributed by atoms with Crippen molar-refractivity contribution in [3.8, 4) is 17.6 Å². The quantitative estimate of drug-likeness (QED) is 0.791. The van der Waals surface area contributed by atoms with Gasteiger partial charge in [-0.2, -0.15) is 5.26 Å². The van der Waals surface area contributed by atoms with E-state index in [1.807, 2.05) is 31.2 Å². The summed E-state index contributed by atoms with van der Waals surface area (Å²) in [5.74, 6) is 1.30. The molecule has 0 fully saturated rings. The normalized spacial score (nSPS) is 10.0. The summed E-state index contributed by atoms with van der Waals surface area (Å²) in [5.41, 5.74) is 1.47. The van der Waals surface area contributed by atoms with Crippen LogP contribution in [0.15, 0.2) is 24.3 Å². The van der Waals surface area contributed by atoms with Crippen LogP contribution in [0.5, 0.6) is 11.5 Å². The molecule has 0 amide bonds. The highest BCUT2D eigenvalue weighted by molar-refractivity contribution is 5.96. The first-order valence-corrected chi connectivity index (χ1v) is 5.27. The zero-order valence-corrected chi connectivity index (χ0v) is 10.1. The third kappa shape index (κ3) is 1.68. The maximum atomic E-state index is 9.18. The van der Waals surface area contributed by atoms with Crippen LogP contribution in [0.25, 0.3) is 10.8 Å². The molecule has 86 valence electrons. The predicted octanol–water partition coefficient (Wildman–Crippen LogP) is 3.04. The zero-order valence-electron chi connectivity index (χ0n) is 10.1. The van der Waals surface area contributed by atoms with Crippen molar-refractivity contribution >= 4 is 10.8 Å². The third-order valence-electron chi connectivity index (χ3n) is 2.81. The summed E-state index contributed by atoms with van der Waals surface area (Å²) in [5, 5.41) is 11.0. The summed E-state index contributed by atoms with van der Waals surface area (Å²) in [4.78, 5) is 0. The monoisotopic (exact) mass is 227 g/mol. The van der Waals surface area contributed by atoms with Crippen LogP contribution in [-0.4, -0.2) is 14.2 Å². The highest BCUT2D eigenvalue weighted by Crippen LogP contribution is 2.37. The van der Waals surface area contributed by atoms with E-state index in [0.717, 1.165) is 22.1 Å². The lowest BCUT2D eigenvalue weighted by Crippen LogP contribution is -1.95. The molecule has 0 saturated carbocycles. The van der Waals surface area contributed by atoms with Gasteiger partial charge in [-0.15, -0.1) is 0 Å². The number of ether oxygens (including phenoxy) is 2. The second kappa shape index (κ2) is 4.34. The van der Waals surface area contributed by atoms with E-state index >= 15 is 0 Å². The summed E-state index contributed by atoms with van der Waals surface area (Å²) in [6, 6.07) is 9.91. The lowest BCUT2D eigenvalue weighted by Gasteiger charge is -2.13. The molecule has 0 aliphatic carbocycles. The lowest BCUT2D eigenvalue weighted by atomic mass is 10.00. The van der Waals surface area contributed by atoms with Crippen LogP contribution in [0.4, 0.5) is 0 Å². The molecular formula is C14H13NO2. The molecule has 2 aromatic carbocycles. The number of nitrogens with zero attached hydrogens (tertiary/aromatic N) is 1. The Labute approximate surface area is 100 Å². The molecule has 17 heavy (non-hydrogen) atoms. The fraction of sp³-hybridized carbons (Fsp3) is 0.214. The van der Waals surface area contributed by atoms with Crippen molar-refractivity contribution in [1.82, 2.24) is 0 Å². The molecule has 3 heteroatoms. The minimum absolute atomic E-state index is 0.560. The van der Waals surface area contributed by atoms with Crippen LogP contribution in [0.2, 0.25) is 0 Å². The fourth-order valence-electron chi connectivity index (χ4n) is 2.03. The smallest absolute Gasteiger partial charge is 0.148 e. The number of nitriles is 1. The molecule has 2 rings (SSSR count). The number of hydrogen-bond acceptors (Lipinski definition) is 3. The number of methoxy groups -OCH3 is 2. The molecule has 0 aromatic heterocycles. The maximum absolute atomic E-state index is 9.18. The van der Waals surface area contributed by atoms with Crippen LogP contribution in [0.1, 0.15) is 11.1 Å². The van der Waals surface area contributed by atoms with Gasteiger partial charge in [0.15, 0.2) is 0 Å². The van der Waals surface area contributed by atoms with E-state index in [1.54, 1.807) is 14.2 Å². The Morgan fingerprint density at radius 3 is 2.53 bits per heavy atom. The van der Waals surface area contributed by atoms with Gasteiger partial charge in [0.1, 0.15) is 17.6 Å². The van der Waals surface area contributed by atoms with Crippen molar-refractivity contribution in [2.75, 3.05) is 14.2 Å². The van der Waals surface area contributed by atoms with E-state index in [9.17, 15) is 5.26 Å². The molecule has 0 radical (unpaired) electrons. The van der Waals surface area contributed by atoms with E-state index in [4.69, 9.17) is 9.47 Å². The molecule has 0 unspecified atom stereocenters. The summed E-state index contributed by atoms with van der Waals surface area (Å²) < 4.78 is 10.7. The molecule has 0 heterocycles. The van der Waals surface area contributed by atoms with E-state index < -0.39 is 0 Å². The van der Waals surface area contributed by atoms with E-state index in [-0.39, 0.29) is 0 Å². The Balaban J connectivity index is 2.97. The summed E-state index contributed by atoms with van der Waals surface area (Å²) in [6.45, 7) is 1.90. The van der Waals surface area contributed by atoms with Gasteiger partial charge in [0.2, 0.25) is 0 Å². The molecule has 0 spiro atoms. The van der Waals surface area contributed by atoms with Crippen LogP contribution in [-0.2, 0) is 0 Å². The molecular weight excluding hydrogens is 214 g/mol. The van der Waals surface area contributed by atoms with E-state index in [0.29, 0.717) is 11.3 Å². The van der Waals surface area contributed by atoms with E-state index in [2.05, 4.69) is 6.07 Å². The van der Waals surface area contributed by atoms with Crippen molar-refractivity contribution in [3.63, 3.8) is 0 Å². The molecule has 0 aliphatic rings. The van der Waals surface area contributed by atoms with Gasteiger partial charge in [0.25, 0.3) is 0 Å². The van der Waals surface area contributed by atoms with Gasteiger partial charge in [-0.05, 0) is 30.0 Å². The van der Waals surface area contributed by atoms with Crippen molar-refractivity contribution in [2.24, 2.45) is 0 Å². The minimum atomic E-state index is 0.560. The van der Waals surface area contributed by atoms with E-state index in [1.165, 1.54) is 0 Å². The maximum Gasteiger partial charge on any atom is 0.148 e. The molecule has 0 N–H and O–H groups in total. The molecule has 2 aromatic rings. The van der Waals surface area contributed by atoms with Gasteiger partial charge in [-0.1, -0.05) is 12.1 Å². The number of hydrogen-bond donors (Lipinski definition) is 0. The number of rotatable bonds is 2. The summed E-state index contributed by atoms with van der Waals surface area (Å²) in [7, 11) is 3.18. The molecule has 0 bridgehead atoms. The number of benzene rings is 2. The topological polar surface area (TPSA) is 42.2 Å². The molecule has 0 saturated heterocycles. The molecule has 3 nitrogen and oxygen atoms in total. The highest BCUT2D eigenvalue weighted by Gasteiger charge is 2.14. The van der Waals surface area contributed by atoms with Gasteiger partial charge in [0.05, 0.1) is 25.2 Å². The van der Waals surface area contributed by atoms with Gasteiger partial charge >= 0.3 is 0 Å². The van der Waals surface area contributed by atoms with Crippen LogP contribution in [0, 0.1) is 18.3 Å². The van der Waals surface area contributed by atoms with Crippen molar-refractivity contribution in [1.29, 1.82) is 5.26 Å². The minimum Gasteiger partial charge on any atom is -0.496 e. The van der Waals surface area contributed by atoms with Crippen LogP contribution in [0.3, 0.4) is 0 Å². The third-order valence-corrected chi connectivity index (χ3v) is 2.81. The van der Waals surface area contributed by atoms with Crippen molar-refractivity contribution < 1.29 is 9.47 Å². The first-order valence-electron chi connectivity index (χ1n) is 5.27. The van der Waals surface area contributed by atoms with Crippen molar-refractivity contribution in [2.45, 2.75) is 6.92 Å². The largest absolute Gasteiger partial charge is 0.496 e. The SMILES string of the molecule is COc1cccc2cc(C)c(C#N)c(OC)c12.